The Morgan fingerprint density at radius 3 is 2.24 bits per heavy atom. The second-order valence-electron chi connectivity index (χ2n) is 5.22. The third kappa shape index (κ3) is 2.15. The average molecular weight is 255 g/mol. The van der Waals surface area contributed by atoms with E-state index in [1.54, 1.807) is 6.07 Å². The molecule has 0 aliphatic carbocycles. The van der Waals surface area contributed by atoms with Gasteiger partial charge in [0.25, 0.3) is 0 Å². The number of hydrogen-bond acceptors (Lipinski definition) is 4. The summed E-state index contributed by atoms with van der Waals surface area (Å²) >= 11 is 5.96. The summed E-state index contributed by atoms with van der Waals surface area (Å²) in [6, 6.07) is 1.68. The van der Waals surface area contributed by atoms with Crippen molar-refractivity contribution in [1.82, 2.24) is 4.98 Å². The molecule has 6 heteroatoms. The third-order valence-electron chi connectivity index (χ3n) is 3.40. The van der Waals surface area contributed by atoms with E-state index in [9.17, 15) is 0 Å². The van der Waals surface area contributed by atoms with Crippen molar-refractivity contribution in [2.24, 2.45) is 0 Å². The van der Waals surface area contributed by atoms with Crippen molar-refractivity contribution in [1.29, 1.82) is 0 Å². The second-order valence-corrected chi connectivity index (χ2v) is 5.63. The van der Waals surface area contributed by atoms with Crippen molar-refractivity contribution in [2.75, 3.05) is 5.73 Å². The molecule has 2 N–H and O–H groups in total. The summed E-state index contributed by atoms with van der Waals surface area (Å²) in [4.78, 5) is 4.19. The van der Waals surface area contributed by atoms with Gasteiger partial charge in [-0.25, -0.2) is 0 Å². The van der Waals surface area contributed by atoms with Gasteiger partial charge in [-0.15, -0.1) is 0 Å². The van der Waals surface area contributed by atoms with Gasteiger partial charge in [-0.05, 0) is 33.8 Å². The third-order valence-corrected chi connectivity index (χ3v) is 3.73. The summed E-state index contributed by atoms with van der Waals surface area (Å²) in [5.41, 5.74) is 5.95. The van der Waals surface area contributed by atoms with E-state index in [2.05, 4.69) is 4.98 Å². The minimum absolute atomic E-state index is 0.382. The van der Waals surface area contributed by atoms with Crippen LogP contribution < -0.4 is 11.3 Å². The molecule has 1 aromatic heterocycles. The van der Waals surface area contributed by atoms with Gasteiger partial charge >= 0.3 is 7.12 Å². The summed E-state index contributed by atoms with van der Waals surface area (Å²) in [7, 11) is -0.502. The predicted octanol–water partition coefficient (Wildman–Crippen LogP) is 1.62. The average Bonchev–Trinajstić information content (AvgIpc) is 2.41. The molecule has 0 bridgehead atoms. The molecule has 17 heavy (non-hydrogen) atoms. The molecule has 1 aromatic rings. The topological polar surface area (TPSA) is 57.4 Å². The molecule has 0 amide bonds. The summed E-state index contributed by atoms with van der Waals surface area (Å²) in [6.07, 6.45) is 1.52. The maximum absolute atomic E-state index is 5.96. The van der Waals surface area contributed by atoms with Gasteiger partial charge in [-0.1, -0.05) is 11.6 Å². The molecular formula is C11H16BClN2O2. The Labute approximate surface area is 107 Å². The van der Waals surface area contributed by atoms with Crippen LogP contribution in [0.5, 0.6) is 0 Å². The molecule has 2 rings (SSSR count). The van der Waals surface area contributed by atoms with Gasteiger partial charge in [0.15, 0.2) is 0 Å². The highest BCUT2D eigenvalue weighted by atomic mass is 35.5. The van der Waals surface area contributed by atoms with Gasteiger partial charge in [0.2, 0.25) is 0 Å². The monoisotopic (exact) mass is 254 g/mol. The van der Waals surface area contributed by atoms with E-state index in [0.29, 0.717) is 16.3 Å². The van der Waals surface area contributed by atoms with Crippen LogP contribution in [-0.2, 0) is 9.31 Å². The molecule has 0 aromatic carbocycles. The van der Waals surface area contributed by atoms with E-state index >= 15 is 0 Å². The number of pyridine rings is 1. The van der Waals surface area contributed by atoms with E-state index in [1.807, 2.05) is 27.7 Å². The van der Waals surface area contributed by atoms with E-state index in [0.717, 1.165) is 0 Å². The number of anilines is 1. The summed E-state index contributed by atoms with van der Waals surface area (Å²) < 4.78 is 11.7. The lowest BCUT2D eigenvalue weighted by molar-refractivity contribution is 0.00578. The first kappa shape index (κ1) is 12.7. The largest absolute Gasteiger partial charge is 0.514 e. The molecule has 1 aliphatic rings. The lowest BCUT2D eigenvalue weighted by Crippen LogP contribution is -2.41. The Morgan fingerprint density at radius 2 is 1.76 bits per heavy atom. The normalized spacial score (nSPS) is 21.8. The second kappa shape index (κ2) is 3.87. The van der Waals surface area contributed by atoms with E-state index < -0.39 is 7.12 Å². The number of nitrogens with two attached hydrogens (primary N) is 1. The number of nitrogen functional groups attached to an aromatic ring is 1. The van der Waals surface area contributed by atoms with Crippen molar-refractivity contribution in [3.8, 4) is 0 Å². The van der Waals surface area contributed by atoms with E-state index in [4.69, 9.17) is 26.6 Å². The molecule has 0 atom stereocenters. The smallest absolute Gasteiger partial charge is 0.398 e. The Bertz CT molecular complexity index is 435. The van der Waals surface area contributed by atoms with Gasteiger partial charge in [0.05, 0.1) is 33.7 Å². The molecule has 0 radical (unpaired) electrons. The predicted molar refractivity (Wildman–Crippen MR) is 69.4 cm³/mol. The zero-order chi connectivity index (χ0) is 12.8. The molecule has 1 saturated heterocycles. The molecular weight excluding hydrogens is 238 g/mol. The van der Waals surface area contributed by atoms with Gasteiger partial charge < -0.3 is 15.0 Å². The Morgan fingerprint density at radius 1 is 1.24 bits per heavy atom. The van der Waals surface area contributed by atoms with Gasteiger partial charge in [0, 0.05) is 0 Å². The quantitative estimate of drug-likeness (QED) is 0.774. The molecule has 92 valence electrons. The fraction of sp³-hybridized carbons (Fsp3) is 0.545. The maximum Gasteiger partial charge on any atom is 0.514 e. The van der Waals surface area contributed by atoms with E-state index in [1.165, 1.54) is 6.20 Å². The fourth-order valence-electron chi connectivity index (χ4n) is 1.55. The molecule has 0 spiro atoms. The summed E-state index contributed by atoms with van der Waals surface area (Å²) in [5, 5.41) is 0.463. The van der Waals surface area contributed by atoms with Crippen LogP contribution in [-0.4, -0.2) is 23.3 Å². The zero-order valence-electron chi connectivity index (χ0n) is 10.5. The number of aromatic nitrogens is 1. The Kier molecular flexibility index (Phi) is 2.88. The number of rotatable bonds is 1. The number of hydrogen-bond donors (Lipinski definition) is 1. The van der Waals surface area contributed by atoms with E-state index in [-0.39, 0.29) is 11.2 Å². The van der Waals surface area contributed by atoms with Crippen LogP contribution in [0, 0.1) is 0 Å². The minimum atomic E-state index is -0.502. The Hall–Kier alpha value is -0.775. The number of nitrogens with zero attached hydrogens (tertiary/aromatic N) is 1. The van der Waals surface area contributed by atoms with Gasteiger partial charge in [-0.2, -0.15) is 0 Å². The molecule has 1 fully saturated rings. The summed E-state index contributed by atoms with van der Waals surface area (Å²) in [6.45, 7) is 7.97. The zero-order valence-corrected chi connectivity index (χ0v) is 11.2. The first-order valence-electron chi connectivity index (χ1n) is 5.49. The molecule has 0 saturated carbocycles. The highest BCUT2D eigenvalue weighted by Gasteiger charge is 2.52. The molecule has 0 unspecified atom stereocenters. The summed E-state index contributed by atoms with van der Waals surface area (Å²) in [5.74, 6) is 0. The van der Waals surface area contributed by atoms with Crippen molar-refractivity contribution in [3.63, 3.8) is 0 Å². The van der Waals surface area contributed by atoms with Crippen LogP contribution in [0.15, 0.2) is 12.3 Å². The maximum atomic E-state index is 5.96. The highest BCUT2D eigenvalue weighted by Crippen LogP contribution is 2.36. The van der Waals surface area contributed by atoms with Crippen LogP contribution in [0.25, 0.3) is 0 Å². The van der Waals surface area contributed by atoms with Crippen LogP contribution in [0.2, 0.25) is 5.02 Å². The van der Waals surface area contributed by atoms with Crippen molar-refractivity contribution in [2.45, 2.75) is 38.9 Å². The molecule has 4 nitrogen and oxygen atoms in total. The first-order valence-corrected chi connectivity index (χ1v) is 5.87. The van der Waals surface area contributed by atoms with Crippen LogP contribution in [0.1, 0.15) is 27.7 Å². The van der Waals surface area contributed by atoms with Gasteiger partial charge in [0.1, 0.15) is 0 Å². The van der Waals surface area contributed by atoms with Crippen molar-refractivity contribution < 1.29 is 9.31 Å². The van der Waals surface area contributed by atoms with Gasteiger partial charge in [-0.3, -0.25) is 4.98 Å². The molecule has 2 heterocycles. The Balaban J connectivity index is 2.29. The van der Waals surface area contributed by atoms with Crippen molar-refractivity contribution >= 4 is 30.0 Å². The van der Waals surface area contributed by atoms with Crippen LogP contribution >= 0.6 is 11.6 Å². The SMILES string of the molecule is CC1(C)OB(c2cc(Cl)c(N)cn2)OC1(C)C. The van der Waals surface area contributed by atoms with Crippen molar-refractivity contribution in [3.05, 3.63) is 17.3 Å². The number of halogens is 1. The highest BCUT2D eigenvalue weighted by molar-refractivity contribution is 6.61. The fourth-order valence-corrected chi connectivity index (χ4v) is 1.71. The van der Waals surface area contributed by atoms with Crippen LogP contribution in [0.3, 0.4) is 0 Å². The molecule has 1 aliphatic heterocycles. The minimum Gasteiger partial charge on any atom is -0.398 e. The lowest BCUT2D eigenvalue weighted by atomic mass is 9.84. The van der Waals surface area contributed by atoms with Crippen LogP contribution in [0.4, 0.5) is 5.69 Å². The first-order chi connectivity index (χ1) is 7.73. The standard InChI is InChI=1S/C11H16BClN2O2/c1-10(2)11(3,4)17-12(16-10)9-5-7(13)8(14)6-15-9/h5-6H,14H2,1-4H3. The lowest BCUT2D eigenvalue weighted by Gasteiger charge is -2.32.